The van der Waals surface area contributed by atoms with Crippen LogP contribution in [0, 0.1) is 0 Å². The van der Waals surface area contributed by atoms with Crippen molar-refractivity contribution in [2.45, 2.75) is 31.1 Å². The molecule has 1 aliphatic heterocycles. The molecule has 0 radical (unpaired) electrons. The monoisotopic (exact) mass is 193 g/mol. The molecule has 1 aliphatic rings. The molecule has 0 amide bonds. The van der Waals surface area contributed by atoms with Gasteiger partial charge in [0.2, 0.25) is 10.0 Å². The van der Waals surface area contributed by atoms with Crippen molar-refractivity contribution in [1.29, 1.82) is 0 Å². The van der Waals surface area contributed by atoms with Gasteiger partial charge in [-0.3, -0.25) is 0 Å². The second-order valence-electron chi connectivity index (χ2n) is 3.65. The van der Waals surface area contributed by atoms with Gasteiger partial charge in [-0.25, -0.2) is 13.1 Å². The molecular weight excluding hydrogens is 178 g/mol. The van der Waals surface area contributed by atoms with Gasteiger partial charge in [0.1, 0.15) is 5.25 Å². The summed E-state index contributed by atoms with van der Waals surface area (Å²) in [6.07, 6.45) is 0.566. The first kappa shape index (κ1) is 9.95. The molecule has 0 bridgehead atoms. The summed E-state index contributed by atoms with van der Waals surface area (Å²) in [5, 5.41) is -0.391. The van der Waals surface area contributed by atoms with Crippen molar-refractivity contribution in [3.63, 3.8) is 0 Å². The summed E-state index contributed by atoms with van der Waals surface area (Å²) in [5.41, 5.74) is -0.297. The molecule has 0 spiro atoms. The zero-order valence-corrected chi connectivity index (χ0v) is 8.44. The highest BCUT2D eigenvalue weighted by molar-refractivity contribution is 7.90. The Morgan fingerprint density at radius 3 is 2.42 bits per heavy atom. The van der Waals surface area contributed by atoms with Crippen LogP contribution in [0.3, 0.4) is 0 Å². The number of rotatable bonds is 2. The van der Waals surface area contributed by atoms with Crippen LogP contribution in [0.15, 0.2) is 0 Å². The number of hydrogen-bond acceptors (Lipinski definition) is 3. The van der Waals surface area contributed by atoms with E-state index in [2.05, 4.69) is 4.72 Å². The van der Waals surface area contributed by atoms with E-state index in [0.717, 1.165) is 0 Å². The lowest BCUT2D eigenvalue weighted by molar-refractivity contribution is 0.0368. The predicted octanol–water partition coefficient (Wildman–Crippen LogP) is 0.103. The molecule has 1 saturated heterocycles. The molecule has 1 atom stereocenters. The quantitative estimate of drug-likeness (QED) is 0.677. The Morgan fingerprint density at radius 1 is 1.50 bits per heavy atom. The van der Waals surface area contributed by atoms with E-state index < -0.39 is 15.3 Å². The van der Waals surface area contributed by atoms with E-state index >= 15 is 0 Å². The Kier molecular flexibility index (Phi) is 2.47. The standard InChI is InChI=1S/C7H15NO3S/c1-7(2)4-6(5-11-7)12(9,10)8-3/h6,8H,4-5H2,1-3H3. The summed E-state index contributed by atoms with van der Waals surface area (Å²) < 4.78 is 30.2. The van der Waals surface area contributed by atoms with Gasteiger partial charge in [-0.2, -0.15) is 0 Å². The van der Waals surface area contributed by atoms with Gasteiger partial charge < -0.3 is 4.74 Å². The van der Waals surface area contributed by atoms with Gasteiger partial charge >= 0.3 is 0 Å². The minimum absolute atomic E-state index is 0.297. The van der Waals surface area contributed by atoms with Gasteiger partial charge in [-0.05, 0) is 27.3 Å². The molecule has 72 valence electrons. The highest BCUT2D eigenvalue weighted by Crippen LogP contribution is 2.27. The summed E-state index contributed by atoms with van der Waals surface area (Å²) in [4.78, 5) is 0. The molecule has 0 aliphatic carbocycles. The highest BCUT2D eigenvalue weighted by Gasteiger charge is 2.38. The van der Waals surface area contributed by atoms with Crippen LogP contribution in [-0.2, 0) is 14.8 Å². The van der Waals surface area contributed by atoms with Gasteiger partial charge in [0.05, 0.1) is 12.2 Å². The van der Waals surface area contributed by atoms with Crippen LogP contribution in [0.4, 0.5) is 0 Å². The van der Waals surface area contributed by atoms with E-state index in [1.165, 1.54) is 7.05 Å². The van der Waals surface area contributed by atoms with Crippen molar-refractivity contribution in [3.8, 4) is 0 Å². The summed E-state index contributed by atoms with van der Waals surface area (Å²) in [7, 11) is -1.71. The summed E-state index contributed by atoms with van der Waals surface area (Å²) in [5.74, 6) is 0. The van der Waals surface area contributed by atoms with Gasteiger partial charge in [-0.1, -0.05) is 0 Å². The molecule has 1 rings (SSSR count). The third-order valence-electron chi connectivity index (χ3n) is 2.10. The zero-order valence-electron chi connectivity index (χ0n) is 7.62. The molecule has 5 heteroatoms. The van der Waals surface area contributed by atoms with Crippen molar-refractivity contribution in [3.05, 3.63) is 0 Å². The van der Waals surface area contributed by atoms with E-state index in [4.69, 9.17) is 4.74 Å². The topological polar surface area (TPSA) is 55.4 Å². The first-order valence-electron chi connectivity index (χ1n) is 3.94. The summed E-state index contributed by atoms with van der Waals surface area (Å²) in [6.45, 7) is 4.10. The normalized spacial score (nSPS) is 29.1. The van der Waals surface area contributed by atoms with Crippen LogP contribution in [0.5, 0.6) is 0 Å². The Hall–Kier alpha value is -0.130. The lowest BCUT2D eigenvalue weighted by atomic mass is 10.1. The van der Waals surface area contributed by atoms with Gasteiger partial charge in [0.15, 0.2) is 0 Å². The molecule has 0 saturated carbocycles. The van der Waals surface area contributed by atoms with Crippen molar-refractivity contribution in [2.75, 3.05) is 13.7 Å². The van der Waals surface area contributed by atoms with Gasteiger partial charge in [0, 0.05) is 0 Å². The van der Waals surface area contributed by atoms with Crippen molar-refractivity contribution < 1.29 is 13.2 Å². The van der Waals surface area contributed by atoms with Crippen LogP contribution in [0.2, 0.25) is 0 Å². The molecule has 4 nitrogen and oxygen atoms in total. The van der Waals surface area contributed by atoms with Crippen LogP contribution in [0.25, 0.3) is 0 Å². The van der Waals surface area contributed by atoms with E-state index in [1.54, 1.807) is 0 Å². The molecule has 1 N–H and O–H groups in total. The van der Waals surface area contributed by atoms with Crippen LogP contribution >= 0.6 is 0 Å². The second-order valence-corrected chi connectivity index (χ2v) is 5.81. The third-order valence-corrected chi connectivity index (χ3v) is 3.85. The average molecular weight is 193 g/mol. The van der Waals surface area contributed by atoms with Crippen LogP contribution < -0.4 is 4.72 Å². The van der Waals surface area contributed by atoms with Gasteiger partial charge in [-0.15, -0.1) is 0 Å². The molecule has 0 aromatic carbocycles. The predicted molar refractivity (Wildman–Crippen MR) is 46.4 cm³/mol. The first-order valence-corrected chi connectivity index (χ1v) is 5.48. The first-order chi connectivity index (χ1) is 5.37. The van der Waals surface area contributed by atoms with E-state index in [9.17, 15) is 8.42 Å². The molecular formula is C7H15NO3S. The molecule has 0 aromatic rings. The Balaban J connectivity index is 2.71. The van der Waals surface area contributed by atoms with Crippen LogP contribution in [-0.4, -0.2) is 32.9 Å². The molecule has 0 aromatic heterocycles. The summed E-state index contributed by atoms with van der Waals surface area (Å²) in [6, 6.07) is 0. The number of nitrogens with one attached hydrogen (secondary N) is 1. The Bertz CT molecular complexity index is 258. The second kappa shape index (κ2) is 2.97. The SMILES string of the molecule is CNS(=O)(=O)C1COC(C)(C)C1. The smallest absolute Gasteiger partial charge is 0.216 e. The lowest BCUT2D eigenvalue weighted by Gasteiger charge is -2.15. The number of hydrogen-bond donors (Lipinski definition) is 1. The largest absolute Gasteiger partial charge is 0.374 e. The van der Waals surface area contributed by atoms with Crippen LogP contribution in [0.1, 0.15) is 20.3 Å². The highest BCUT2D eigenvalue weighted by atomic mass is 32.2. The maximum Gasteiger partial charge on any atom is 0.216 e. The fourth-order valence-corrected chi connectivity index (χ4v) is 2.55. The summed E-state index contributed by atoms with van der Waals surface area (Å²) >= 11 is 0. The molecule has 1 unspecified atom stereocenters. The van der Waals surface area contributed by atoms with Gasteiger partial charge in [0.25, 0.3) is 0 Å². The van der Waals surface area contributed by atoms with E-state index in [0.29, 0.717) is 13.0 Å². The Labute approximate surface area is 73.3 Å². The number of ether oxygens (including phenoxy) is 1. The zero-order chi connectivity index (χ0) is 9.41. The molecule has 1 fully saturated rings. The molecule has 12 heavy (non-hydrogen) atoms. The van der Waals surface area contributed by atoms with E-state index in [1.807, 2.05) is 13.8 Å². The molecule has 1 heterocycles. The minimum Gasteiger partial charge on any atom is -0.374 e. The van der Waals surface area contributed by atoms with E-state index in [-0.39, 0.29) is 5.60 Å². The maximum absolute atomic E-state index is 11.3. The Morgan fingerprint density at radius 2 is 2.08 bits per heavy atom. The lowest BCUT2D eigenvalue weighted by Crippen LogP contribution is -2.32. The fraction of sp³-hybridized carbons (Fsp3) is 1.00. The third kappa shape index (κ3) is 1.97. The fourth-order valence-electron chi connectivity index (χ4n) is 1.35. The van der Waals surface area contributed by atoms with Crippen molar-refractivity contribution >= 4 is 10.0 Å². The average Bonchev–Trinajstić information content (AvgIpc) is 2.31. The maximum atomic E-state index is 11.3. The number of sulfonamides is 1. The van der Waals surface area contributed by atoms with Crippen molar-refractivity contribution in [2.24, 2.45) is 0 Å². The minimum atomic E-state index is -3.14. The van der Waals surface area contributed by atoms with Crippen molar-refractivity contribution in [1.82, 2.24) is 4.72 Å².